The normalized spacial score (nSPS) is 11.8. The molecular weight excluding hydrogens is 423 g/mol. The number of benzene rings is 4. The maximum Gasteiger partial charge on any atom is 0.172 e. The number of para-hydroxylation sites is 2. The second kappa shape index (κ2) is 7.88. The smallest absolute Gasteiger partial charge is 0.172 e. The zero-order valence-electron chi connectivity index (χ0n) is 17.9. The van der Waals surface area contributed by atoms with Crippen LogP contribution in [0, 0.1) is 0 Å². The molecule has 0 aliphatic rings. The van der Waals surface area contributed by atoms with E-state index in [1.807, 2.05) is 85.1 Å². The van der Waals surface area contributed by atoms with E-state index >= 15 is 0 Å². The minimum Gasteiger partial charge on any atom is -0.309 e. The maximum atomic E-state index is 14.8. The summed E-state index contributed by atoms with van der Waals surface area (Å²) >= 11 is 0. The summed E-state index contributed by atoms with van der Waals surface area (Å²) in [6.45, 7) is 0. The minimum absolute atomic E-state index is 0.722. The van der Waals surface area contributed by atoms with Gasteiger partial charge in [-0.25, -0.2) is 0 Å². The summed E-state index contributed by atoms with van der Waals surface area (Å²) in [5, 5.41) is 4.70. The van der Waals surface area contributed by atoms with E-state index < -0.39 is 7.14 Å². The van der Waals surface area contributed by atoms with Gasteiger partial charge in [-0.15, -0.1) is 0 Å². The van der Waals surface area contributed by atoms with Crippen LogP contribution in [-0.4, -0.2) is 9.55 Å². The summed E-state index contributed by atoms with van der Waals surface area (Å²) in [7, 11) is -3.10. The number of hydrogen-bond donors (Lipinski definition) is 0. The van der Waals surface area contributed by atoms with Crippen molar-refractivity contribution < 1.29 is 4.57 Å². The number of rotatable bonds is 4. The molecule has 3 nitrogen and oxygen atoms in total. The summed E-state index contributed by atoms with van der Waals surface area (Å²) in [6, 6.07) is 38.2. The van der Waals surface area contributed by atoms with E-state index in [0.29, 0.717) is 0 Å². The minimum atomic E-state index is -3.10. The van der Waals surface area contributed by atoms with Crippen molar-refractivity contribution in [3.8, 4) is 5.69 Å². The first-order chi connectivity index (χ1) is 16.3. The second-order valence-electron chi connectivity index (χ2n) is 8.05. The van der Waals surface area contributed by atoms with Crippen LogP contribution in [0.2, 0.25) is 0 Å². The molecule has 0 amide bonds. The van der Waals surface area contributed by atoms with Crippen molar-refractivity contribution in [1.29, 1.82) is 0 Å². The summed E-state index contributed by atoms with van der Waals surface area (Å²) in [6.07, 6.45) is 3.60. The lowest BCUT2D eigenvalue weighted by Crippen LogP contribution is -2.25. The molecule has 4 aromatic carbocycles. The maximum absolute atomic E-state index is 14.8. The Kier molecular flexibility index (Phi) is 4.71. The van der Waals surface area contributed by atoms with E-state index in [2.05, 4.69) is 45.9 Å². The van der Waals surface area contributed by atoms with Gasteiger partial charge in [0.15, 0.2) is 7.14 Å². The van der Waals surface area contributed by atoms with Gasteiger partial charge in [0.1, 0.15) is 0 Å². The van der Waals surface area contributed by atoms with Crippen molar-refractivity contribution in [2.75, 3.05) is 0 Å². The van der Waals surface area contributed by atoms with Crippen LogP contribution in [0.1, 0.15) is 0 Å². The SMILES string of the molecule is O=P(c1ccccc1)(c1ccccc1)c1cncc(-n2c3ccccc3c3ccccc32)c1. The molecule has 0 bridgehead atoms. The fourth-order valence-corrected chi connectivity index (χ4v) is 7.26. The van der Waals surface area contributed by atoms with Crippen LogP contribution in [0.15, 0.2) is 128 Å². The highest BCUT2D eigenvalue weighted by Gasteiger charge is 2.30. The summed E-state index contributed by atoms with van der Waals surface area (Å²) in [5.74, 6) is 0. The molecule has 0 unspecified atom stereocenters. The van der Waals surface area contributed by atoms with E-state index in [-0.39, 0.29) is 0 Å². The van der Waals surface area contributed by atoms with E-state index in [1.165, 1.54) is 10.8 Å². The van der Waals surface area contributed by atoms with Gasteiger partial charge in [-0.1, -0.05) is 97.1 Å². The molecule has 6 aromatic rings. The van der Waals surface area contributed by atoms with Crippen LogP contribution < -0.4 is 15.9 Å². The molecule has 158 valence electrons. The summed E-state index contributed by atoms with van der Waals surface area (Å²) < 4.78 is 17.0. The number of pyridine rings is 1. The molecule has 0 saturated heterocycles. The molecule has 0 radical (unpaired) electrons. The van der Waals surface area contributed by atoms with Crippen molar-refractivity contribution in [1.82, 2.24) is 9.55 Å². The van der Waals surface area contributed by atoms with Crippen LogP contribution in [0.4, 0.5) is 0 Å². The van der Waals surface area contributed by atoms with Gasteiger partial charge >= 0.3 is 0 Å². The Morgan fingerprint density at radius 2 is 1.03 bits per heavy atom. The summed E-state index contributed by atoms with van der Waals surface area (Å²) in [5.41, 5.74) is 3.11. The van der Waals surface area contributed by atoms with E-state index in [9.17, 15) is 4.57 Å². The molecule has 0 aliphatic carbocycles. The fourth-order valence-electron chi connectivity index (χ4n) is 4.63. The van der Waals surface area contributed by atoms with Crippen LogP contribution >= 0.6 is 7.14 Å². The van der Waals surface area contributed by atoms with Crippen LogP contribution in [0.25, 0.3) is 27.5 Å². The molecule has 0 saturated carbocycles. The molecule has 0 spiro atoms. The van der Waals surface area contributed by atoms with Crippen molar-refractivity contribution in [3.05, 3.63) is 128 Å². The van der Waals surface area contributed by atoms with Crippen molar-refractivity contribution in [2.45, 2.75) is 0 Å². The Labute approximate surface area is 192 Å². The van der Waals surface area contributed by atoms with E-state index in [0.717, 1.165) is 32.6 Å². The topological polar surface area (TPSA) is 34.9 Å². The van der Waals surface area contributed by atoms with Crippen LogP contribution in [0.5, 0.6) is 0 Å². The van der Waals surface area contributed by atoms with Crippen molar-refractivity contribution >= 4 is 44.9 Å². The molecule has 0 aliphatic heterocycles. The zero-order chi connectivity index (χ0) is 22.3. The molecule has 33 heavy (non-hydrogen) atoms. The lowest BCUT2D eigenvalue weighted by Gasteiger charge is -2.20. The summed E-state index contributed by atoms with van der Waals surface area (Å²) in [4.78, 5) is 4.58. The highest BCUT2D eigenvalue weighted by atomic mass is 31.2. The zero-order valence-corrected chi connectivity index (χ0v) is 18.8. The number of hydrogen-bond acceptors (Lipinski definition) is 2. The lowest BCUT2D eigenvalue weighted by atomic mass is 10.2. The number of nitrogens with zero attached hydrogens (tertiary/aromatic N) is 2. The Morgan fingerprint density at radius 3 is 1.58 bits per heavy atom. The van der Waals surface area contributed by atoms with Gasteiger partial charge in [-0.2, -0.15) is 0 Å². The first kappa shape index (κ1) is 19.7. The number of aromatic nitrogens is 2. The van der Waals surface area contributed by atoms with Gasteiger partial charge in [0.25, 0.3) is 0 Å². The fraction of sp³-hybridized carbons (Fsp3) is 0. The van der Waals surface area contributed by atoms with Crippen molar-refractivity contribution in [3.63, 3.8) is 0 Å². The first-order valence-corrected chi connectivity index (χ1v) is 12.6. The Morgan fingerprint density at radius 1 is 0.545 bits per heavy atom. The quantitative estimate of drug-likeness (QED) is 0.321. The molecule has 2 aromatic heterocycles. The molecule has 0 atom stereocenters. The predicted octanol–water partition coefficient (Wildman–Crippen LogP) is 5.82. The third-order valence-corrected chi connectivity index (χ3v) is 9.17. The highest BCUT2D eigenvalue weighted by molar-refractivity contribution is 7.85. The average Bonchev–Trinajstić information content (AvgIpc) is 3.24. The molecule has 0 N–H and O–H groups in total. The van der Waals surface area contributed by atoms with Crippen LogP contribution in [-0.2, 0) is 4.57 Å². The molecular formula is C29H21N2OP. The average molecular weight is 444 g/mol. The standard InChI is InChI=1S/C29H21N2OP/c32-33(23-11-3-1-4-12-23,24-13-5-2-6-14-24)25-19-22(20-30-21-25)31-28-17-9-7-15-26(28)27-16-8-10-18-29(27)31/h1-21H. The van der Waals surface area contributed by atoms with Crippen LogP contribution in [0.3, 0.4) is 0 Å². The van der Waals surface area contributed by atoms with Gasteiger partial charge in [-0.05, 0) is 18.2 Å². The van der Waals surface area contributed by atoms with Gasteiger partial charge in [0, 0.05) is 32.9 Å². The molecule has 6 rings (SSSR count). The highest BCUT2D eigenvalue weighted by Crippen LogP contribution is 2.42. The number of fused-ring (bicyclic) bond motifs is 3. The molecule has 4 heteroatoms. The predicted molar refractivity (Wildman–Crippen MR) is 138 cm³/mol. The molecule has 2 heterocycles. The third-order valence-electron chi connectivity index (χ3n) is 6.15. The van der Waals surface area contributed by atoms with Crippen molar-refractivity contribution in [2.24, 2.45) is 0 Å². The lowest BCUT2D eigenvalue weighted by molar-refractivity contribution is 0.592. The van der Waals surface area contributed by atoms with E-state index in [1.54, 1.807) is 6.20 Å². The van der Waals surface area contributed by atoms with Gasteiger partial charge < -0.3 is 9.13 Å². The Balaban J connectivity index is 1.64. The van der Waals surface area contributed by atoms with Gasteiger partial charge in [0.05, 0.1) is 22.9 Å². The monoisotopic (exact) mass is 444 g/mol. The van der Waals surface area contributed by atoms with Gasteiger partial charge in [-0.3, -0.25) is 4.98 Å². The Bertz CT molecular complexity index is 1540. The van der Waals surface area contributed by atoms with E-state index in [4.69, 9.17) is 0 Å². The largest absolute Gasteiger partial charge is 0.309 e. The third kappa shape index (κ3) is 3.13. The van der Waals surface area contributed by atoms with Gasteiger partial charge in [0.2, 0.25) is 0 Å². The molecule has 0 fully saturated rings. The first-order valence-electron chi connectivity index (χ1n) is 10.9. The second-order valence-corrected chi connectivity index (χ2v) is 10.8. The Hall–Kier alpha value is -3.94.